The zero-order chi connectivity index (χ0) is 16.1. The molecule has 0 atom stereocenters. The number of aromatic nitrogens is 3. The van der Waals surface area contributed by atoms with Crippen molar-refractivity contribution in [1.82, 2.24) is 14.8 Å². The number of rotatable bonds is 5. The molecule has 3 aromatic rings. The highest BCUT2D eigenvalue weighted by atomic mass is 16.3. The van der Waals surface area contributed by atoms with Crippen LogP contribution in [-0.4, -0.2) is 19.9 Å². The first kappa shape index (κ1) is 14.9. The molecule has 0 saturated heterocycles. The second-order valence-electron chi connectivity index (χ2n) is 4.92. The lowest BCUT2D eigenvalue weighted by molar-refractivity contribution is 0.282. The third-order valence-electron chi connectivity index (χ3n) is 3.34. The van der Waals surface area contributed by atoms with Gasteiger partial charge in [0.25, 0.3) is 0 Å². The van der Waals surface area contributed by atoms with E-state index in [4.69, 9.17) is 5.73 Å². The van der Waals surface area contributed by atoms with Crippen molar-refractivity contribution in [1.29, 1.82) is 0 Å². The molecule has 116 valence electrons. The van der Waals surface area contributed by atoms with Crippen LogP contribution >= 0.6 is 0 Å². The van der Waals surface area contributed by atoms with E-state index in [9.17, 15) is 5.11 Å². The number of benzene rings is 1. The summed E-state index contributed by atoms with van der Waals surface area (Å²) in [6.07, 6.45) is 5.05. The number of pyridine rings is 1. The van der Waals surface area contributed by atoms with Crippen molar-refractivity contribution in [3.05, 3.63) is 66.1 Å². The van der Waals surface area contributed by atoms with Crippen LogP contribution in [0.5, 0.6) is 0 Å². The van der Waals surface area contributed by atoms with Crippen LogP contribution in [0, 0.1) is 0 Å². The van der Waals surface area contributed by atoms with E-state index in [-0.39, 0.29) is 6.61 Å². The number of hydrogen-bond donors (Lipinski definition) is 2. The number of hydrogen-bond acceptors (Lipinski definition) is 6. The van der Waals surface area contributed by atoms with Crippen LogP contribution in [0.1, 0.15) is 11.1 Å². The average Bonchev–Trinajstić information content (AvgIpc) is 2.94. The molecular weight excluding hydrogens is 292 g/mol. The average molecular weight is 308 g/mol. The second-order valence-corrected chi connectivity index (χ2v) is 4.92. The largest absolute Gasteiger partial charge is 0.392 e. The van der Waals surface area contributed by atoms with Gasteiger partial charge in [-0.05, 0) is 17.7 Å². The lowest BCUT2D eigenvalue weighted by atomic mass is 10.2. The van der Waals surface area contributed by atoms with E-state index in [0.29, 0.717) is 29.3 Å². The standard InChI is InChI=1S/C16H16N6O/c17-16-15(21-20-14-6-2-1-5-13(14)11-23)9-19-22(16)10-12-4-3-7-18-8-12/h1-9,23H,10-11,17H2/b21-20+. The summed E-state index contributed by atoms with van der Waals surface area (Å²) in [6.45, 7) is 0.424. The van der Waals surface area contributed by atoms with Crippen molar-refractivity contribution < 1.29 is 5.11 Å². The second kappa shape index (κ2) is 6.80. The minimum absolute atomic E-state index is 0.0923. The van der Waals surface area contributed by atoms with E-state index < -0.39 is 0 Å². The van der Waals surface area contributed by atoms with E-state index in [0.717, 1.165) is 5.56 Å². The van der Waals surface area contributed by atoms with E-state index in [1.54, 1.807) is 35.4 Å². The summed E-state index contributed by atoms with van der Waals surface area (Å²) < 4.78 is 1.64. The summed E-state index contributed by atoms with van der Waals surface area (Å²) in [5, 5.41) is 21.8. The summed E-state index contributed by atoms with van der Waals surface area (Å²) in [5.41, 5.74) is 8.86. The summed E-state index contributed by atoms with van der Waals surface area (Å²) >= 11 is 0. The molecule has 0 aliphatic carbocycles. The summed E-state index contributed by atoms with van der Waals surface area (Å²) in [4.78, 5) is 4.06. The molecule has 0 amide bonds. The maximum Gasteiger partial charge on any atom is 0.150 e. The molecule has 0 aliphatic rings. The zero-order valence-corrected chi connectivity index (χ0v) is 12.4. The van der Waals surface area contributed by atoms with Crippen molar-refractivity contribution in [2.45, 2.75) is 13.2 Å². The van der Waals surface area contributed by atoms with Gasteiger partial charge in [-0.3, -0.25) is 4.98 Å². The summed E-state index contributed by atoms with van der Waals surface area (Å²) in [7, 11) is 0. The molecule has 2 heterocycles. The smallest absolute Gasteiger partial charge is 0.150 e. The molecule has 0 spiro atoms. The highest BCUT2D eigenvalue weighted by Gasteiger charge is 2.08. The van der Waals surface area contributed by atoms with Crippen molar-refractivity contribution in [3.8, 4) is 0 Å². The molecule has 0 radical (unpaired) electrons. The van der Waals surface area contributed by atoms with Crippen molar-refractivity contribution in [3.63, 3.8) is 0 Å². The maximum absolute atomic E-state index is 9.29. The Hall–Kier alpha value is -3.06. The number of nitrogens with zero attached hydrogens (tertiary/aromatic N) is 5. The summed E-state index contributed by atoms with van der Waals surface area (Å²) in [6, 6.07) is 11.1. The Balaban J connectivity index is 1.81. The minimum atomic E-state index is -0.0923. The molecule has 2 aromatic heterocycles. The number of aliphatic hydroxyl groups is 1. The van der Waals surface area contributed by atoms with Gasteiger partial charge in [0, 0.05) is 18.0 Å². The molecule has 1 aromatic carbocycles. The molecular formula is C16H16N6O. The Kier molecular flexibility index (Phi) is 4.39. The van der Waals surface area contributed by atoms with Crippen LogP contribution < -0.4 is 5.73 Å². The predicted octanol–water partition coefficient (Wildman–Crippen LogP) is 2.82. The van der Waals surface area contributed by atoms with Gasteiger partial charge in [0.15, 0.2) is 0 Å². The van der Waals surface area contributed by atoms with E-state index in [2.05, 4.69) is 20.3 Å². The number of anilines is 1. The Labute approximate surface area is 133 Å². The number of nitrogens with two attached hydrogens (primary N) is 1. The van der Waals surface area contributed by atoms with Gasteiger partial charge in [0.2, 0.25) is 0 Å². The predicted molar refractivity (Wildman–Crippen MR) is 86.5 cm³/mol. The lowest BCUT2D eigenvalue weighted by Gasteiger charge is -2.03. The van der Waals surface area contributed by atoms with Crippen molar-refractivity contribution >= 4 is 17.2 Å². The topological polar surface area (TPSA) is 102 Å². The third kappa shape index (κ3) is 3.41. The van der Waals surface area contributed by atoms with Crippen molar-refractivity contribution in [2.24, 2.45) is 10.2 Å². The first-order valence-corrected chi connectivity index (χ1v) is 7.08. The first-order chi connectivity index (χ1) is 11.3. The maximum atomic E-state index is 9.29. The number of nitrogen functional groups attached to an aromatic ring is 1. The van der Waals surface area contributed by atoms with E-state index >= 15 is 0 Å². The highest BCUT2D eigenvalue weighted by Crippen LogP contribution is 2.26. The third-order valence-corrected chi connectivity index (χ3v) is 3.34. The van der Waals surface area contributed by atoms with Crippen LogP contribution in [0.4, 0.5) is 17.2 Å². The fourth-order valence-electron chi connectivity index (χ4n) is 2.10. The molecule has 0 bridgehead atoms. The van der Waals surface area contributed by atoms with Gasteiger partial charge in [0.05, 0.1) is 25.0 Å². The van der Waals surface area contributed by atoms with Gasteiger partial charge < -0.3 is 10.8 Å². The normalized spacial score (nSPS) is 11.2. The molecule has 0 fully saturated rings. The first-order valence-electron chi connectivity index (χ1n) is 7.08. The fourth-order valence-corrected chi connectivity index (χ4v) is 2.10. The Bertz CT molecular complexity index is 812. The molecule has 0 saturated carbocycles. The van der Waals surface area contributed by atoms with E-state index in [1.807, 2.05) is 24.3 Å². The summed E-state index contributed by atoms with van der Waals surface area (Å²) in [5.74, 6) is 0.430. The van der Waals surface area contributed by atoms with Gasteiger partial charge in [-0.2, -0.15) is 5.10 Å². The fraction of sp³-hybridized carbons (Fsp3) is 0.125. The van der Waals surface area contributed by atoms with E-state index in [1.165, 1.54) is 0 Å². The van der Waals surface area contributed by atoms with Crippen LogP contribution in [0.25, 0.3) is 0 Å². The van der Waals surface area contributed by atoms with Gasteiger partial charge in [0.1, 0.15) is 11.5 Å². The molecule has 7 heteroatoms. The van der Waals surface area contributed by atoms with Crippen LogP contribution in [-0.2, 0) is 13.2 Å². The lowest BCUT2D eigenvalue weighted by Crippen LogP contribution is -2.05. The molecule has 7 nitrogen and oxygen atoms in total. The van der Waals surface area contributed by atoms with Crippen LogP contribution in [0.3, 0.4) is 0 Å². The molecule has 23 heavy (non-hydrogen) atoms. The number of azo groups is 1. The monoisotopic (exact) mass is 308 g/mol. The quantitative estimate of drug-likeness (QED) is 0.707. The Morgan fingerprint density at radius 2 is 1.87 bits per heavy atom. The van der Waals surface area contributed by atoms with Gasteiger partial charge in [-0.25, -0.2) is 4.68 Å². The van der Waals surface area contributed by atoms with Gasteiger partial charge in [-0.15, -0.1) is 10.2 Å². The van der Waals surface area contributed by atoms with Gasteiger partial charge in [-0.1, -0.05) is 24.3 Å². The minimum Gasteiger partial charge on any atom is -0.392 e. The van der Waals surface area contributed by atoms with Gasteiger partial charge >= 0.3 is 0 Å². The molecule has 3 rings (SSSR count). The Morgan fingerprint density at radius 3 is 2.65 bits per heavy atom. The van der Waals surface area contributed by atoms with Crippen LogP contribution in [0.2, 0.25) is 0 Å². The Morgan fingerprint density at radius 1 is 1.04 bits per heavy atom. The zero-order valence-electron chi connectivity index (χ0n) is 12.4. The SMILES string of the molecule is Nc1c(/N=N/c2ccccc2CO)cnn1Cc1cccnc1. The molecule has 0 aliphatic heterocycles. The highest BCUT2D eigenvalue weighted by molar-refractivity contribution is 5.57. The van der Waals surface area contributed by atoms with Crippen LogP contribution in [0.15, 0.2) is 65.2 Å². The number of aliphatic hydroxyl groups excluding tert-OH is 1. The van der Waals surface area contributed by atoms with Crippen molar-refractivity contribution in [2.75, 3.05) is 5.73 Å². The molecule has 0 unspecified atom stereocenters. The molecule has 3 N–H and O–H groups in total.